The number of esters is 3. The van der Waals surface area contributed by atoms with Crippen LogP contribution in [0.3, 0.4) is 0 Å². The summed E-state index contributed by atoms with van der Waals surface area (Å²) >= 11 is 0. The molecule has 0 aromatic carbocycles. The van der Waals surface area contributed by atoms with Crippen molar-refractivity contribution in [1.82, 2.24) is 0 Å². The molecule has 0 bridgehead atoms. The Morgan fingerprint density at radius 1 is 1.12 bits per heavy atom. The van der Waals surface area contributed by atoms with Gasteiger partial charge in [0.15, 0.2) is 6.10 Å². The maximum atomic E-state index is 11.0. The van der Waals surface area contributed by atoms with E-state index in [1.807, 2.05) is 0 Å². The SMILES string of the molecule is CCOC(=O)/C=C/C(COC(C)=O)OC(C)=O. The van der Waals surface area contributed by atoms with Gasteiger partial charge in [0.2, 0.25) is 0 Å². The van der Waals surface area contributed by atoms with E-state index in [1.54, 1.807) is 6.92 Å². The number of carbonyl (C=O) groups is 3. The van der Waals surface area contributed by atoms with E-state index in [4.69, 9.17) is 4.74 Å². The molecule has 0 aliphatic rings. The van der Waals surface area contributed by atoms with Gasteiger partial charge in [0.1, 0.15) is 6.61 Å². The Hall–Kier alpha value is -1.85. The largest absolute Gasteiger partial charge is 0.463 e. The second-order valence-electron chi connectivity index (χ2n) is 3.06. The topological polar surface area (TPSA) is 78.9 Å². The molecule has 0 aromatic rings. The Balaban J connectivity index is 4.31. The van der Waals surface area contributed by atoms with Crippen molar-refractivity contribution in [1.29, 1.82) is 0 Å². The first-order valence-corrected chi connectivity index (χ1v) is 5.11. The fraction of sp³-hybridized carbons (Fsp3) is 0.545. The minimum Gasteiger partial charge on any atom is -0.463 e. The van der Waals surface area contributed by atoms with Gasteiger partial charge in [-0.25, -0.2) is 4.79 Å². The zero-order chi connectivity index (χ0) is 13.3. The Morgan fingerprint density at radius 3 is 2.24 bits per heavy atom. The van der Waals surface area contributed by atoms with Gasteiger partial charge >= 0.3 is 17.9 Å². The standard InChI is InChI=1S/C11H16O6/c1-4-15-11(14)6-5-10(17-9(3)13)7-16-8(2)12/h5-6,10H,4,7H2,1-3H3/b6-5+. The van der Waals surface area contributed by atoms with Crippen molar-refractivity contribution in [2.45, 2.75) is 26.9 Å². The van der Waals surface area contributed by atoms with Crippen LogP contribution in [0.2, 0.25) is 0 Å². The number of hydrogen-bond acceptors (Lipinski definition) is 6. The summed E-state index contributed by atoms with van der Waals surface area (Å²) in [6.45, 7) is 4.25. The van der Waals surface area contributed by atoms with E-state index < -0.39 is 24.0 Å². The fourth-order valence-electron chi connectivity index (χ4n) is 0.918. The van der Waals surface area contributed by atoms with Gasteiger partial charge in [-0.3, -0.25) is 9.59 Å². The van der Waals surface area contributed by atoms with Crippen LogP contribution in [-0.2, 0) is 28.6 Å². The second-order valence-corrected chi connectivity index (χ2v) is 3.06. The maximum absolute atomic E-state index is 11.0. The zero-order valence-corrected chi connectivity index (χ0v) is 10.1. The molecular formula is C11H16O6. The quantitative estimate of drug-likeness (QED) is 0.387. The van der Waals surface area contributed by atoms with E-state index in [-0.39, 0.29) is 13.2 Å². The van der Waals surface area contributed by atoms with Gasteiger partial charge in [-0.15, -0.1) is 0 Å². The highest BCUT2D eigenvalue weighted by molar-refractivity contribution is 5.82. The van der Waals surface area contributed by atoms with Crippen LogP contribution in [0.25, 0.3) is 0 Å². The minimum absolute atomic E-state index is 0.134. The van der Waals surface area contributed by atoms with E-state index in [2.05, 4.69) is 9.47 Å². The molecule has 0 amide bonds. The van der Waals surface area contributed by atoms with Crippen molar-refractivity contribution in [3.8, 4) is 0 Å². The molecule has 96 valence electrons. The third-order valence-corrected chi connectivity index (χ3v) is 1.50. The maximum Gasteiger partial charge on any atom is 0.330 e. The second kappa shape index (κ2) is 8.32. The first-order valence-electron chi connectivity index (χ1n) is 5.11. The fourth-order valence-corrected chi connectivity index (χ4v) is 0.918. The zero-order valence-electron chi connectivity index (χ0n) is 10.1. The molecule has 0 aliphatic carbocycles. The number of ether oxygens (including phenoxy) is 3. The molecular weight excluding hydrogens is 228 g/mol. The highest BCUT2D eigenvalue weighted by atomic mass is 16.6. The van der Waals surface area contributed by atoms with E-state index in [0.29, 0.717) is 0 Å². The molecule has 0 saturated carbocycles. The lowest BCUT2D eigenvalue weighted by molar-refractivity contribution is -0.153. The van der Waals surface area contributed by atoms with Crippen LogP contribution in [0.4, 0.5) is 0 Å². The number of rotatable bonds is 6. The lowest BCUT2D eigenvalue weighted by Gasteiger charge is -2.12. The summed E-state index contributed by atoms with van der Waals surface area (Å²) in [5.41, 5.74) is 0. The summed E-state index contributed by atoms with van der Waals surface area (Å²) in [5.74, 6) is -1.57. The molecule has 0 N–H and O–H groups in total. The van der Waals surface area contributed by atoms with Crippen LogP contribution in [0, 0.1) is 0 Å². The summed E-state index contributed by atoms with van der Waals surface area (Å²) < 4.78 is 14.1. The van der Waals surface area contributed by atoms with Gasteiger partial charge in [-0.1, -0.05) is 0 Å². The molecule has 6 nitrogen and oxygen atoms in total. The molecule has 0 fully saturated rings. The molecule has 17 heavy (non-hydrogen) atoms. The van der Waals surface area contributed by atoms with E-state index in [0.717, 1.165) is 6.08 Å². The summed E-state index contributed by atoms with van der Waals surface area (Å²) in [7, 11) is 0. The molecule has 1 atom stereocenters. The molecule has 0 aromatic heterocycles. The van der Waals surface area contributed by atoms with Crippen molar-refractivity contribution in [2.75, 3.05) is 13.2 Å². The Bertz CT molecular complexity index is 307. The average molecular weight is 244 g/mol. The van der Waals surface area contributed by atoms with Gasteiger partial charge in [0.25, 0.3) is 0 Å². The van der Waals surface area contributed by atoms with E-state index in [1.165, 1.54) is 19.9 Å². The van der Waals surface area contributed by atoms with Crippen LogP contribution in [-0.4, -0.2) is 37.2 Å². The lowest BCUT2D eigenvalue weighted by atomic mass is 10.3. The molecule has 1 unspecified atom stereocenters. The molecule has 0 radical (unpaired) electrons. The van der Waals surface area contributed by atoms with Crippen molar-refractivity contribution in [2.24, 2.45) is 0 Å². The van der Waals surface area contributed by atoms with Crippen LogP contribution in [0.5, 0.6) is 0 Å². The van der Waals surface area contributed by atoms with Gasteiger partial charge < -0.3 is 14.2 Å². The average Bonchev–Trinajstić information content (AvgIpc) is 2.21. The highest BCUT2D eigenvalue weighted by Gasteiger charge is 2.11. The first-order chi connectivity index (χ1) is 7.95. The molecule has 0 spiro atoms. The van der Waals surface area contributed by atoms with Crippen molar-refractivity contribution >= 4 is 17.9 Å². The van der Waals surface area contributed by atoms with Crippen LogP contribution in [0.15, 0.2) is 12.2 Å². The Morgan fingerprint density at radius 2 is 1.76 bits per heavy atom. The van der Waals surface area contributed by atoms with Gasteiger partial charge in [-0.2, -0.15) is 0 Å². The van der Waals surface area contributed by atoms with Crippen molar-refractivity contribution < 1.29 is 28.6 Å². The number of carbonyl (C=O) groups excluding carboxylic acids is 3. The lowest BCUT2D eigenvalue weighted by Crippen LogP contribution is -2.22. The monoisotopic (exact) mass is 244 g/mol. The Labute approximate surface area is 99.5 Å². The molecule has 0 rings (SSSR count). The third-order valence-electron chi connectivity index (χ3n) is 1.50. The normalized spacial score (nSPS) is 11.9. The predicted octanol–water partition coefficient (Wildman–Crippen LogP) is 0.600. The van der Waals surface area contributed by atoms with Gasteiger partial charge in [-0.05, 0) is 13.0 Å². The first kappa shape index (κ1) is 15.2. The van der Waals surface area contributed by atoms with Crippen molar-refractivity contribution in [3.63, 3.8) is 0 Å². The van der Waals surface area contributed by atoms with E-state index in [9.17, 15) is 14.4 Å². The van der Waals surface area contributed by atoms with Gasteiger partial charge in [0, 0.05) is 19.9 Å². The predicted molar refractivity (Wildman–Crippen MR) is 58.0 cm³/mol. The summed E-state index contributed by atoms with van der Waals surface area (Å²) in [5, 5.41) is 0. The van der Waals surface area contributed by atoms with Gasteiger partial charge in [0.05, 0.1) is 6.61 Å². The number of hydrogen-bond donors (Lipinski definition) is 0. The molecule has 0 heterocycles. The molecule has 0 saturated heterocycles. The van der Waals surface area contributed by atoms with Crippen LogP contribution < -0.4 is 0 Å². The summed E-state index contributed by atoms with van der Waals surface area (Å²) in [4.78, 5) is 32.4. The Kier molecular flexibility index (Phi) is 7.41. The van der Waals surface area contributed by atoms with Crippen LogP contribution in [0.1, 0.15) is 20.8 Å². The smallest absolute Gasteiger partial charge is 0.330 e. The third kappa shape index (κ3) is 9.10. The van der Waals surface area contributed by atoms with Crippen molar-refractivity contribution in [3.05, 3.63) is 12.2 Å². The van der Waals surface area contributed by atoms with Crippen LogP contribution >= 0.6 is 0 Å². The molecule has 0 aliphatic heterocycles. The summed E-state index contributed by atoms with van der Waals surface area (Å²) in [6.07, 6.45) is 1.64. The highest BCUT2D eigenvalue weighted by Crippen LogP contribution is 1.98. The van der Waals surface area contributed by atoms with E-state index >= 15 is 0 Å². The summed E-state index contributed by atoms with van der Waals surface area (Å²) in [6, 6.07) is 0. The minimum atomic E-state index is -0.791. The molecule has 6 heteroatoms.